The standard InChI is InChI=1S/C15H16N2O2S/c1-19-12-8-6-11(7-9-12)10-16-15(18)17-13-4-2-3-5-14(13)20/h2-9,20H,10H2,1H3,(H2,16,17,18). The third-order valence-electron chi connectivity index (χ3n) is 2.76. The average molecular weight is 288 g/mol. The van der Waals surface area contributed by atoms with Crippen LogP contribution in [0.4, 0.5) is 10.5 Å². The summed E-state index contributed by atoms with van der Waals surface area (Å²) in [6.07, 6.45) is 0. The maximum atomic E-state index is 11.8. The lowest BCUT2D eigenvalue weighted by molar-refractivity contribution is 0.251. The van der Waals surface area contributed by atoms with Crippen LogP contribution in [0.3, 0.4) is 0 Å². The van der Waals surface area contributed by atoms with Gasteiger partial charge < -0.3 is 15.4 Å². The molecule has 4 nitrogen and oxygen atoms in total. The van der Waals surface area contributed by atoms with Gasteiger partial charge in [0.25, 0.3) is 0 Å². The zero-order valence-corrected chi connectivity index (χ0v) is 12.0. The minimum absolute atomic E-state index is 0.262. The molecule has 0 aliphatic heterocycles. The van der Waals surface area contributed by atoms with Crippen LogP contribution in [0.2, 0.25) is 0 Å². The Morgan fingerprint density at radius 1 is 1.15 bits per heavy atom. The van der Waals surface area contributed by atoms with Gasteiger partial charge in [-0.1, -0.05) is 24.3 Å². The van der Waals surface area contributed by atoms with Gasteiger partial charge in [-0.05, 0) is 29.8 Å². The molecule has 2 N–H and O–H groups in total. The van der Waals surface area contributed by atoms with E-state index in [1.807, 2.05) is 42.5 Å². The lowest BCUT2D eigenvalue weighted by Crippen LogP contribution is -2.28. The molecule has 0 saturated heterocycles. The van der Waals surface area contributed by atoms with Gasteiger partial charge in [0.05, 0.1) is 12.8 Å². The van der Waals surface area contributed by atoms with Crippen molar-refractivity contribution >= 4 is 24.3 Å². The molecule has 0 fully saturated rings. The Hall–Kier alpha value is -2.14. The number of anilines is 1. The number of carbonyl (C=O) groups excluding carboxylic acids is 1. The summed E-state index contributed by atoms with van der Waals surface area (Å²) in [6, 6.07) is 14.6. The Balaban J connectivity index is 1.87. The highest BCUT2D eigenvalue weighted by Crippen LogP contribution is 2.18. The van der Waals surface area contributed by atoms with Crippen LogP contribution < -0.4 is 15.4 Å². The summed E-state index contributed by atoms with van der Waals surface area (Å²) in [7, 11) is 1.62. The molecule has 2 rings (SSSR count). The topological polar surface area (TPSA) is 50.4 Å². The number of rotatable bonds is 4. The van der Waals surface area contributed by atoms with Gasteiger partial charge in [-0.3, -0.25) is 0 Å². The minimum Gasteiger partial charge on any atom is -0.497 e. The van der Waals surface area contributed by atoms with Crippen molar-refractivity contribution in [1.82, 2.24) is 5.32 Å². The van der Waals surface area contributed by atoms with E-state index in [2.05, 4.69) is 23.3 Å². The number of ether oxygens (including phenoxy) is 1. The zero-order valence-electron chi connectivity index (χ0n) is 11.1. The van der Waals surface area contributed by atoms with Gasteiger partial charge in [0.15, 0.2) is 0 Å². The highest BCUT2D eigenvalue weighted by Gasteiger charge is 2.04. The summed E-state index contributed by atoms with van der Waals surface area (Å²) in [5, 5.41) is 5.54. The van der Waals surface area contributed by atoms with E-state index >= 15 is 0 Å². The van der Waals surface area contributed by atoms with Crippen LogP contribution in [-0.2, 0) is 6.54 Å². The van der Waals surface area contributed by atoms with E-state index in [-0.39, 0.29) is 6.03 Å². The van der Waals surface area contributed by atoms with Crippen molar-refractivity contribution in [3.63, 3.8) is 0 Å². The smallest absolute Gasteiger partial charge is 0.319 e. The van der Waals surface area contributed by atoms with Gasteiger partial charge >= 0.3 is 6.03 Å². The highest BCUT2D eigenvalue weighted by molar-refractivity contribution is 7.80. The van der Waals surface area contributed by atoms with Gasteiger partial charge in [0.2, 0.25) is 0 Å². The fraction of sp³-hybridized carbons (Fsp3) is 0.133. The van der Waals surface area contributed by atoms with Gasteiger partial charge in [0.1, 0.15) is 5.75 Å². The summed E-state index contributed by atoms with van der Waals surface area (Å²) in [5.41, 5.74) is 1.68. The predicted octanol–water partition coefficient (Wildman–Crippen LogP) is 3.31. The zero-order chi connectivity index (χ0) is 14.4. The van der Waals surface area contributed by atoms with Crippen molar-refractivity contribution in [2.75, 3.05) is 12.4 Å². The van der Waals surface area contributed by atoms with Crippen LogP contribution in [0.5, 0.6) is 5.75 Å². The van der Waals surface area contributed by atoms with E-state index in [0.717, 1.165) is 16.2 Å². The number of carbonyl (C=O) groups is 1. The fourth-order valence-electron chi connectivity index (χ4n) is 1.67. The monoisotopic (exact) mass is 288 g/mol. The van der Waals surface area contributed by atoms with Crippen LogP contribution in [0.1, 0.15) is 5.56 Å². The Bertz CT molecular complexity index is 585. The van der Waals surface area contributed by atoms with Crippen molar-refractivity contribution < 1.29 is 9.53 Å². The quantitative estimate of drug-likeness (QED) is 0.756. The lowest BCUT2D eigenvalue weighted by atomic mass is 10.2. The summed E-state index contributed by atoms with van der Waals surface area (Å²) in [6.45, 7) is 0.449. The molecule has 104 valence electrons. The van der Waals surface area contributed by atoms with E-state index < -0.39 is 0 Å². The predicted molar refractivity (Wildman–Crippen MR) is 82.5 cm³/mol. The minimum atomic E-state index is -0.262. The maximum Gasteiger partial charge on any atom is 0.319 e. The molecular weight excluding hydrogens is 272 g/mol. The molecule has 2 aromatic carbocycles. The van der Waals surface area contributed by atoms with Crippen LogP contribution >= 0.6 is 12.6 Å². The first kappa shape index (κ1) is 14.3. The van der Waals surface area contributed by atoms with Gasteiger partial charge in [-0.25, -0.2) is 4.79 Å². The fourth-order valence-corrected chi connectivity index (χ4v) is 1.89. The number of hydrogen-bond donors (Lipinski definition) is 3. The van der Waals surface area contributed by atoms with Crippen molar-refractivity contribution in [2.45, 2.75) is 11.4 Å². The third kappa shape index (κ3) is 3.93. The van der Waals surface area contributed by atoms with Crippen molar-refractivity contribution in [3.8, 4) is 5.75 Å². The summed E-state index contributed by atoms with van der Waals surface area (Å²) >= 11 is 4.28. The molecule has 0 unspecified atom stereocenters. The molecule has 2 aromatic rings. The van der Waals surface area contributed by atoms with Crippen LogP contribution in [0, 0.1) is 0 Å². The Morgan fingerprint density at radius 2 is 1.85 bits per heavy atom. The number of amides is 2. The Labute approximate surface area is 123 Å². The van der Waals surface area contributed by atoms with E-state index in [0.29, 0.717) is 12.2 Å². The summed E-state index contributed by atoms with van der Waals surface area (Å²) in [5.74, 6) is 0.794. The molecule has 20 heavy (non-hydrogen) atoms. The molecule has 0 heterocycles. The maximum absolute atomic E-state index is 11.8. The first-order chi connectivity index (χ1) is 9.69. The average Bonchev–Trinajstić information content (AvgIpc) is 2.48. The van der Waals surface area contributed by atoms with Crippen molar-refractivity contribution in [1.29, 1.82) is 0 Å². The normalized spacial score (nSPS) is 9.90. The second-order valence-electron chi connectivity index (χ2n) is 4.17. The molecule has 0 aliphatic carbocycles. The van der Waals surface area contributed by atoms with Crippen LogP contribution in [-0.4, -0.2) is 13.1 Å². The van der Waals surface area contributed by atoms with Gasteiger partial charge in [-0.2, -0.15) is 0 Å². The second-order valence-corrected chi connectivity index (χ2v) is 4.65. The van der Waals surface area contributed by atoms with E-state index in [4.69, 9.17) is 4.74 Å². The van der Waals surface area contributed by atoms with E-state index in [1.54, 1.807) is 13.2 Å². The Morgan fingerprint density at radius 3 is 2.50 bits per heavy atom. The molecule has 2 amide bonds. The molecule has 0 bridgehead atoms. The number of benzene rings is 2. The van der Waals surface area contributed by atoms with Gasteiger partial charge in [-0.15, -0.1) is 12.6 Å². The van der Waals surface area contributed by atoms with E-state index in [1.165, 1.54) is 0 Å². The molecule has 0 saturated carbocycles. The number of urea groups is 1. The highest BCUT2D eigenvalue weighted by atomic mass is 32.1. The third-order valence-corrected chi connectivity index (χ3v) is 3.15. The molecule has 0 radical (unpaired) electrons. The molecule has 0 spiro atoms. The van der Waals surface area contributed by atoms with Crippen LogP contribution in [0.15, 0.2) is 53.4 Å². The first-order valence-corrected chi connectivity index (χ1v) is 6.59. The summed E-state index contributed by atoms with van der Waals surface area (Å²) in [4.78, 5) is 12.5. The lowest BCUT2D eigenvalue weighted by Gasteiger charge is -2.09. The van der Waals surface area contributed by atoms with E-state index in [9.17, 15) is 4.79 Å². The number of para-hydroxylation sites is 1. The molecule has 0 atom stereocenters. The van der Waals surface area contributed by atoms with Crippen LogP contribution in [0.25, 0.3) is 0 Å². The van der Waals surface area contributed by atoms with Gasteiger partial charge in [0, 0.05) is 11.4 Å². The molecule has 5 heteroatoms. The number of methoxy groups -OCH3 is 1. The Kier molecular flexibility index (Phi) is 4.90. The number of thiol groups is 1. The largest absolute Gasteiger partial charge is 0.497 e. The number of nitrogens with one attached hydrogen (secondary N) is 2. The van der Waals surface area contributed by atoms with Crippen molar-refractivity contribution in [3.05, 3.63) is 54.1 Å². The number of hydrogen-bond acceptors (Lipinski definition) is 3. The molecular formula is C15H16N2O2S. The second kappa shape index (κ2) is 6.86. The SMILES string of the molecule is COc1ccc(CNC(=O)Nc2ccccc2S)cc1. The molecule has 0 aliphatic rings. The molecule has 0 aromatic heterocycles. The van der Waals surface area contributed by atoms with Crippen molar-refractivity contribution in [2.24, 2.45) is 0 Å². The summed E-state index contributed by atoms with van der Waals surface area (Å²) < 4.78 is 5.08. The first-order valence-electron chi connectivity index (χ1n) is 6.15.